The van der Waals surface area contributed by atoms with E-state index in [9.17, 15) is 9.59 Å². The zero-order valence-electron chi connectivity index (χ0n) is 11.3. The Morgan fingerprint density at radius 1 is 0.727 bits per heavy atom. The summed E-state index contributed by atoms with van der Waals surface area (Å²) in [6, 6.07) is -4.60. The van der Waals surface area contributed by atoms with Crippen molar-refractivity contribution in [1.82, 2.24) is 0 Å². The molecule has 0 rings (SSSR count). The Kier molecular flexibility index (Phi) is 11.9. The second-order valence-corrected chi connectivity index (χ2v) is 22.7. The molecule has 0 aromatic heterocycles. The number of rotatable bonds is 10. The molecular weight excluding hydrogens is 453 g/mol. The molecule has 0 amide bonds. The maximum Gasteiger partial charge on any atom is 0.341 e. The summed E-state index contributed by atoms with van der Waals surface area (Å²) >= 11 is 34.0. The van der Waals surface area contributed by atoms with Crippen molar-refractivity contribution in [3.8, 4) is 0 Å². The topological polar surface area (TPSA) is 52.6 Å². The number of ether oxygens (including phenoxy) is 2. The number of halogens is 6. The summed E-state index contributed by atoms with van der Waals surface area (Å²) in [5, 5.41) is 0. The third-order valence-electron chi connectivity index (χ3n) is 2.05. The van der Waals surface area contributed by atoms with Crippen molar-refractivity contribution in [1.29, 1.82) is 0 Å². The second kappa shape index (κ2) is 11.4. The van der Waals surface area contributed by atoms with Crippen LogP contribution in [0.3, 0.4) is 0 Å². The average Bonchev–Trinajstić information content (AvgIpc) is 2.35. The number of carbonyl (C=O) groups excluding carboxylic acids is 2. The van der Waals surface area contributed by atoms with E-state index in [0.717, 1.165) is 12.2 Å². The van der Waals surface area contributed by atoms with Crippen molar-refractivity contribution < 1.29 is 19.1 Å². The molecule has 0 saturated heterocycles. The van der Waals surface area contributed by atoms with Crippen LogP contribution in [0.25, 0.3) is 0 Å². The summed E-state index contributed by atoms with van der Waals surface area (Å²) in [6.45, 7) is 0.236. The fraction of sp³-hybridized carbons (Fsp3) is 0.600. The molecule has 12 heteroatoms. The van der Waals surface area contributed by atoms with Gasteiger partial charge in [-0.3, -0.25) is 0 Å². The first-order valence-electron chi connectivity index (χ1n) is 6.15. The lowest BCUT2D eigenvalue weighted by atomic mass is 10.4. The van der Waals surface area contributed by atoms with E-state index in [1.807, 2.05) is 0 Å². The lowest BCUT2D eigenvalue weighted by molar-refractivity contribution is -0.140. The highest BCUT2D eigenvalue weighted by atomic mass is 35.8. The molecule has 0 aliphatic heterocycles. The first-order chi connectivity index (χ1) is 9.99. The number of hydrogen-bond acceptors (Lipinski definition) is 4. The van der Waals surface area contributed by atoms with Crippen LogP contribution in [0.15, 0.2) is 12.2 Å². The van der Waals surface area contributed by atoms with Crippen LogP contribution in [0.2, 0.25) is 12.1 Å². The number of carbonyl (C=O) groups is 2. The van der Waals surface area contributed by atoms with Gasteiger partial charge in [0.05, 0.1) is 13.2 Å². The van der Waals surface area contributed by atoms with Gasteiger partial charge in [0.15, 0.2) is 0 Å². The minimum Gasteiger partial charge on any atom is -0.463 e. The molecule has 0 bridgehead atoms. The third kappa shape index (κ3) is 17.2. The van der Waals surface area contributed by atoms with Gasteiger partial charge in [-0.05, 0) is 24.9 Å². The van der Waals surface area contributed by atoms with Gasteiger partial charge in [-0.25, -0.2) is 9.59 Å². The molecule has 0 saturated carbocycles. The van der Waals surface area contributed by atoms with Crippen molar-refractivity contribution in [2.75, 3.05) is 13.2 Å². The minimum atomic E-state index is -2.69. The Bertz CT molecular complexity index is 358. The molecule has 0 heterocycles. The number of esters is 2. The predicted molar refractivity (Wildman–Crippen MR) is 96.5 cm³/mol. The Morgan fingerprint density at radius 3 is 1.32 bits per heavy atom. The molecule has 0 N–H and O–H groups in total. The van der Waals surface area contributed by atoms with Crippen LogP contribution in [0, 0.1) is 0 Å². The summed E-state index contributed by atoms with van der Waals surface area (Å²) in [7, 11) is 0. The van der Waals surface area contributed by atoms with Gasteiger partial charge < -0.3 is 9.47 Å². The fourth-order valence-electron chi connectivity index (χ4n) is 1.12. The van der Waals surface area contributed by atoms with E-state index in [4.69, 9.17) is 75.9 Å². The molecular formula is C10H14Cl6O4Si2. The van der Waals surface area contributed by atoms with Crippen LogP contribution in [-0.2, 0) is 19.1 Å². The molecule has 0 fully saturated rings. The first-order valence-corrected chi connectivity index (χ1v) is 16.6. The maximum atomic E-state index is 11.3. The highest BCUT2D eigenvalue weighted by Crippen LogP contribution is 2.26. The second-order valence-electron chi connectivity index (χ2n) is 4.11. The van der Waals surface area contributed by atoms with E-state index in [1.165, 1.54) is 0 Å². The SMILES string of the molecule is O=C(/C=C\C(=O)OCCC[Si](Cl)(Cl)Cl)OCCC[Si](Cl)(Cl)Cl. The van der Waals surface area contributed by atoms with Crippen molar-refractivity contribution in [3.05, 3.63) is 12.2 Å². The predicted octanol–water partition coefficient (Wildman–Crippen LogP) is 4.72. The highest BCUT2D eigenvalue weighted by Gasteiger charge is 2.24. The van der Waals surface area contributed by atoms with Crippen molar-refractivity contribution in [2.45, 2.75) is 24.9 Å². The lowest BCUT2D eigenvalue weighted by Gasteiger charge is -2.07. The lowest BCUT2D eigenvalue weighted by Crippen LogP contribution is -2.12. The molecule has 0 aromatic carbocycles. The fourth-order valence-corrected chi connectivity index (χ4v) is 4.62. The Balaban J connectivity index is 3.76. The summed E-state index contributed by atoms with van der Waals surface area (Å²) in [6.07, 6.45) is 2.85. The van der Waals surface area contributed by atoms with Gasteiger partial charge in [-0.1, -0.05) is 0 Å². The highest BCUT2D eigenvalue weighted by molar-refractivity contribution is 7.65. The van der Waals surface area contributed by atoms with Crippen molar-refractivity contribution in [2.24, 2.45) is 0 Å². The van der Waals surface area contributed by atoms with Gasteiger partial charge in [0.1, 0.15) is 0 Å². The molecule has 0 unspecified atom stereocenters. The van der Waals surface area contributed by atoms with Gasteiger partial charge in [-0.15, -0.1) is 66.5 Å². The summed E-state index contributed by atoms with van der Waals surface area (Å²) in [4.78, 5) is 22.6. The maximum absolute atomic E-state index is 11.3. The van der Waals surface area contributed by atoms with Crippen LogP contribution in [0.1, 0.15) is 12.8 Å². The van der Waals surface area contributed by atoms with Gasteiger partial charge >= 0.3 is 23.9 Å². The molecule has 4 nitrogen and oxygen atoms in total. The smallest absolute Gasteiger partial charge is 0.341 e. The van der Waals surface area contributed by atoms with Crippen LogP contribution >= 0.6 is 66.5 Å². The summed E-state index contributed by atoms with van der Waals surface area (Å²) in [5.74, 6) is -1.34. The van der Waals surface area contributed by atoms with E-state index in [1.54, 1.807) is 0 Å². The van der Waals surface area contributed by atoms with Gasteiger partial charge in [0.2, 0.25) is 0 Å². The molecule has 0 aliphatic rings. The van der Waals surface area contributed by atoms with E-state index in [-0.39, 0.29) is 13.2 Å². The molecule has 0 aromatic rings. The van der Waals surface area contributed by atoms with E-state index >= 15 is 0 Å². The average molecular weight is 467 g/mol. The number of hydrogen-bond donors (Lipinski definition) is 0. The third-order valence-corrected chi connectivity index (χ3v) is 7.30. The minimum absolute atomic E-state index is 0.118. The standard InChI is InChI=1S/C10H14Cl6O4Si2/c11-21(12,13)7-1-5-19-9(17)3-4-10(18)20-6-2-8-22(14,15)16/h3-4H,1-2,5-8H2/b4-3-. The quantitative estimate of drug-likeness (QED) is 0.154. The largest absolute Gasteiger partial charge is 0.463 e. The van der Waals surface area contributed by atoms with Gasteiger partial charge in [-0.2, -0.15) is 0 Å². The van der Waals surface area contributed by atoms with E-state index in [2.05, 4.69) is 0 Å². The monoisotopic (exact) mass is 464 g/mol. The van der Waals surface area contributed by atoms with Crippen molar-refractivity contribution >= 4 is 90.4 Å². The van der Waals surface area contributed by atoms with Crippen LogP contribution < -0.4 is 0 Å². The Morgan fingerprint density at radius 2 is 1.05 bits per heavy atom. The van der Waals surface area contributed by atoms with Crippen molar-refractivity contribution in [3.63, 3.8) is 0 Å². The summed E-state index contributed by atoms with van der Waals surface area (Å²) < 4.78 is 9.65. The Labute approximate surface area is 159 Å². The molecule has 0 spiro atoms. The van der Waals surface area contributed by atoms with Crippen LogP contribution in [0.4, 0.5) is 0 Å². The molecule has 128 valence electrons. The first kappa shape index (κ1) is 22.9. The van der Waals surface area contributed by atoms with Gasteiger partial charge in [0.25, 0.3) is 0 Å². The zero-order valence-corrected chi connectivity index (χ0v) is 17.8. The van der Waals surface area contributed by atoms with E-state index in [0.29, 0.717) is 24.9 Å². The normalized spacial score (nSPS) is 12.5. The molecule has 0 aliphatic carbocycles. The van der Waals surface area contributed by atoms with Crippen LogP contribution in [0.5, 0.6) is 0 Å². The van der Waals surface area contributed by atoms with E-state index < -0.39 is 23.9 Å². The van der Waals surface area contributed by atoms with Gasteiger partial charge in [0, 0.05) is 12.2 Å². The molecule has 0 radical (unpaired) electrons. The molecule has 22 heavy (non-hydrogen) atoms. The Hall–Kier alpha value is 0.854. The van der Waals surface area contributed by atoms with Crippen LogP contribution in [-0.4, -0.2) is 37.2 Å². The zero-order chi connectivity index (χ0) is 17.2. The summed E-state index contributed by atoms with van der Waals surface area (Å²) in [5.41, 5.74) is 0. The molecule has 0 atom stereocenters.